The number of carbonyl (C=O) groups is 1. The van der Waals surface area contributed by atoms with Crippen molar-refractivity contribution >= 4 is 24.1 Å². The van der Waals surface area contributed by atoms with Crippen LogP contribution < -0.4 is 16.2 Å². The van der Waals surface area contributed by atoms with Crippen LogP contribution in [0.2, 0.25) is 0 Å². The van der Waals surface area contributed by atoms with Crippen LogP contribution in [0.1, 0.15) is 17.9 Å². The summed E-state index contributed by atoms with van der Waals surface area (Å²) in [6, 6.07) is 9.24. The third-order valence-electron chi connectivity index (χ3n) is 3.71. The number of benzene rings is 1. The first-order valence-corrected chi connectivity index (χ1v) is 7.81. The van der Waals surface area contributed by atoms with E-state index in [2.05, 4.69) is 4.98 Å². The van der Waals surface area contributed by atoms with Crippen LogP contribution in [0.25, 0.3) is 11.1 Å². The second kappa shape index (κ2) is 10.4. The fraction of sp³-hybridized carbons (Fsp3) is 0.278. The number of nitrogens with two attached hydrogens (primary N) is 2. The topological polar surface area (TPSA) is 124 Å². The standard InChI is InChI=1S/C18H22N4O3.ClH/c1-24-7-8-25-16-9-12(15(18(20)21)10-17(19)23)4-5-14(16)13-3-2-6-22-11-13;/h2-6,9,11,15H,7-8,10H2,1H3,(H2,19,23)(H3,20,21);1H. The van der Waals surface area contributed by atoms with Crippen LogP contribution >= 0.6 is 12.4 Å². The zero-order chi connectivity index (χ0) is 18.2. The number of carbonyl (C=O) groups excluding carboxylic acids is 1. The monoisotopic (exact) mass is 378 g/mol. The van der Waals surface area contributed by atoms with Crippen molar-refractivity contribution in [3.8, 4) is 16.9 Å². The molecule has 1 heterocycles. The van der Waals surface area contributed by atoms with Crippen LogP contribution in [-0.2, 0) is 9.53 Å². The molecule has 0 aliphatic heterocycles. The van der Waals surface area contributed by atoms with Crippen molar-refractivity contribution in [1.82, 2.24) is 4.98 Å². The quantitative estimate of drug-likeness (QED) is 0.350. The van der Waals surface area contributed by atoms with E-state index in [1.165, 1.54) is 0 Å². The molecule has 0 spiro atoms. The molecule has 8 heteroatoms. The largest absolute Gasteiger partial charge is 0.491 e. The maximum Gasteiger partial charge on any atom is 0.218 e. The summed E-state index contributed by atoms with van der Waals surface area (Å²) in [5.41, 5.74) is 13.4. The second-order valence-corrected chi connectivity index (χ2v) is 5.52. The number of nitrogens with zero attached hydrogens (tertiary/aromatic N) is 1. The Bertz CT molecular complexity index is 740. The van der Waals surface area contributed by atoms with Crippen molar-refractivity contribution in [2.75, 3.05) is 20.3 Å². The van der Waals surface area contributed by atoms with Crippen LogP contribution in [0.15, 0.2) is 42.7 Å². The van der Waals surface area contributed by atoms with Gasteiger partial charge < -0.3 is 20.9 Å². The molecule has 0 saturated heterocycles. The Morgan fingerprint density at radius 1 is 1.27 bits per heavy atom. The number of ether oxygens (including phenoxy) is 2. The normalized spacial score (nSPS) is 11.3. The molecule has 0 fully saturated rings. The Labute approximate surface area is 158 Å². The third-order valence-corrected chi connectivity index (χ3v) is 3.71. The lowest BCUT2D eigenvalue weighted by atomic mass is 9.92. The molecule has 0 radical (unpaired) electrons. The van der Waals surface area contributed by atoms with E-state index in [0.29, 0.717) is 24.5 Å². The number of methoxy groups -OCH3 is 1. The van der Waals surface area contributed by atoms with Gasteiger partial charge in [0, 0.05) is 43.0 Å². The molecule has 0 aliphatic rings. The minimum atomic E-state index is -0.578. The predicted octanol–water partition coefficient (Wildman–Crippen LogP) is 2.09. The third kappa shape index (κ3) is 5.72. The molecule has 1 atom stereocenters. The minimum Gasteiger partial charge on any atom is -0.491 e. The maximum absolute atomic E-state index is 11.3. The van der Waals surface area contributed by atoms with E-state index in [1.807, 2.05) is 24.3 Å². The van der Waals surface area contributed by atoms with Crippen molar-refractivity contribution in [2.24, 2.45) is 11.5 Å². The SMILES string of the molecule is COCCOc1cc(C(CC(N)=O)C(=N)N)ccc1-c1cccnc1.Cl. The van der Waals surface area contributed by atoms with E-state index in [9.17, 15) is 4.79 Å². The summed E-state index contributed by atoms with van der Waals surface area (Å²) in [7, 11) is 1.60. The van der Waals surface area contributed by atoms with Crippen LogP contribution in [-0.4, -0.2) is 37.1 Å². The van der Waals surface area contributed by atoms with E-state index in [4.69, 9.17) is 26.4 Å². The Morgan fingerprint density at radius 2 is 2.04 bits per heavy atom. The summed E-state index contributed by atoms with van der Waals surface area (Å²) in [6.07, 6.45) is 3.41. The summed E-state index contributed by atoms with van der Waals surface area (Å²) in [4.78, 5) is 15.4. The molecule has 5 N–H and O–H groups in total. The zero-order valence-electron chi connectivity index (χ0n) is 14.5. The molecular formula is C18H23ClN4O3. The Kier molecular flexibility index (Phi) is 8.54. The van der Waals surface area contributed by atoms with E-state index in [1.54, 1.807) is 25.6 Å². The number of nitrogens with one attached hydrogen (secondary N) is 1. The lowest BCUT2D eigenvalue weighted by molar-refractivity contribution is -0.118. The highest BCUT2D eigenvalue weighted by Crippen LogP contribution is 2.33. The molecule has 1 unspecified atom stereocenters. The van der Waals surface area contributed by atoms with Gasteiger partial charge in [-0.2, -0.15) is 0 Å². The van der Waals surface area contributed by atoms with Gasteiger partial charge in [0.15, 0.2) is 0 Å². The molecule has 0 bridgehead atoms. The van der Waals surface area contributed by atoms with E-state index in [0.717, 1.165) is 11.1 Å². The Hall–Kier alpha value is -2.64. The summed E-state index contributed by atoms with van der Waals surface area (Å²) in [5.74, 6) is -0.599. The summed E-state index contributed by atoms with van der Waals surface area (Å²) >= 11 is 0. The molecular weight excluding hydrogens is 356 g/mol. The number of amides is 1. The second-order valence-electron chi connectivity index (χ2n) is 5.52. The number of hydrogen-bond donors (Lipinski definition) is 3. The van der Waals surface area contributed by atoms with Crippen LogP contribution in [0.5, 0.6) is 5.75 Å². The van der Waals surface area contributed by atoms with Gasteiger partial charge in [-0.05, 0) is 17.7 Å². The summed E-state index contributed by atoms with van der Waals surface area (Å²) < 4.78 is 10.9. The summed E-state index contributed by atoms with van der Waals surface area (Å²) in [6.45, 7) is 0.807. The van der Waals surface area contributed by atoms with Crippen molar-refractivity contribution in [3.63, 3.8) is 0 Å². The average Bonchev–Trinajstić information content (AvgIpc) is 2.60. The first kappa shape index (κ1) is 21.4. The first-order chi connectivity index (χ1) is 12.0. The number of hydrogen-bond acceptors (Lipinski definition) is 5. The number of primary amides is 1. The van der Waals surface area contributed by atoms with Gasteiger partial charge in [0.2, 0.25) is 5.91 Å². The van der Waals surface area contributed by atoms with Crippen molar-refractivity contribution < 1.29 is 14.3 Å². The first-order valence-electron chi connectivity index (χ1n) is 7.81. The minimum absolute atomic E-state index is 0. The van der Waals surface area contributed by atoms with Gasteiger partial charge in [-0.3, -0.25) is 15.2 Å². The van der Waals surface area contributed by atoms with Crippen molar-refractivity contribution in [2.45, 2.75) is 12.3 Å². The average molecular weight is 379 g/mol. The maximum atomic E-state index is 11.3. The van der Waals surface area contributed by atoms with Crippen LogP contribution in [0, 0.1) is 5.41 Å². The molecule has 2 aromatic rings. The number of halogens is 1. The van der Waals surface area contributed by atoms with E-state index >= 15 is 0 Å². The van der Waals surface area contributed by atoms with Crippen molar-refractivity contribution in [3.05, 3.63) is 48.3 Å². The van der Waals surface area contributed by atoms with E-state index in [-0.39, 0.29) is 24.7 Å². The highest BCUT2D eigenvalue weighted by Gasteiger charge is 2.20. The van der Waals surface area contributed by atoms with Crippen LogP contribution in [0.3, 0.4) is 0 Å². The van der Waals surface area contributed by atoms with Gasteiger partial charge in [0.25, 0.3) is 0 Å². The van der Waals surface area contributed by atoms with Gasteiger partial charge in [-0.25, -0.2) is 0 Å². The molecule has 140 valence electrons. The Balaban J connectivity index is 0.00000338. The lowest BCUT2D eigenvalue weighted by Gasteiger charge is -2.18. The highest BCUT2D eigenvalue weighted by atomic mass is 35.5. The molecule has 1 aromatic heterocycles. The molecule has 2 rings (SSSR count). The summed E-state index contributed by atoms with van der Waals surface area (Å²) in [5, 5.41) is 7.74. The molecule has 0 saturated carbocycles. The van der Waals surface area contributed by atoms with Gasteiger partial charge in [-0.15, -0.1) is 12.4 Å². The fourth-order valence-corrected chi connectivity index (χ4v) is 2.48. The van der Waals surface area contributed by atoms with Gasteiger partial charge >= 0.3 is 0 Å². The lowest BCUT2D eigenvalue weighted by Crippen LogP contribution is -2.26. The number of pyridine rings is 1. The molecule has 7 nitrogen and oxygen atoms in total. The molecule has 1 aromatic carbocycles. The van der Waals surface area contributed by atoms with Gasteiger partial charge in [0.1, 0.15) is 12.4 Å². The van der Waals surface area contributed by atoms with E-state index < -0.39 is 11.8 Å². The zero-order valence-corrected chi connectivity index (χ0v) is 15.3. The Morgan fingerprint density at radius 3 is 2.62 bits per heavy atom. The van der Waals surface area contributed by atoms with Crippen molar-refractivity contribution in [1.29, 1.82) is 5.41 Å². The predicted molar refractivity (Wildman–Crippen MR) is 103 cm³/mol. The fourth-order valence-electron chi connectivity index (χ4n) is 2.48. The molecule has 26 heavy (non-hydrogen) atoms. The van der Waals surface area contributed by atoms with Gasteiger partial charge in [-0.1, -0.05) is 18.2 Å². The smallest absolute Gasteiger partial charge is 0.218 e. The van der Waals surface area contributed by atoms with Gasteiger partial charge in [0.05, 0.1) is 12.4 Å². The highest BCUT2D eigenvalue weighted by molar-refractivity contribution is 5.90. The number of rotatable bonds is 9. The number of aromatic nitrogens is 1. The molecule has 0 aliphatic carbocycles. The number of amidine groups is 1. The van der Waals surface area contributed by atoms with Crippen LogP contribution in [0.4, 0.5) is 0 Å². The molecule has 1 amide bonds.